The predicted molar refractivity (Wildman–Crippen MR) is 153 cm³/mol. The Morgan fingerprint density at radius 2 is 1.73 bits per heavy atom. The fraction of sp³-hybridized carbons (Fsp3) is 0.379. The van der Waals surface area contributed by atoms with Crippen LogP contribution in [0.15, 0.2) is 65.7 Å². The number of nitrogens with one attached hydrogen (secondary N) is 1. The summed E-state index contributed by atoms with van der Waals surface area (Å²) < 4.78 is 35.3. The van der Waals surface area contributed by atoms with Crippen LogP contribution < -0.4 is 0 Å². The number of fused-ring (bicyclic) bond motifs is 1. The summed E-state index contributed by atoms with van der Waals surface area (Å²) in [5.41, 5.74) is 4.05. The molecule has 40 heavy (non-hydrogen) atoms. The van der Waals surface area contributed by atoms with Gasteiger partial charge in [0.2, 0.25) is 10.0 Å². The van der Waals surface area contributed by atoms with Gasteiger partial charge in [-0.05, 0) is 55.5 Å². The lowest BCUT2D eigenvalue weighted by Gasteiger charge is -2.32. The average molecular weight is 566 g/mol. The molecule has 2 aromatic carbocycles. The molecule has 212 valence electrons. The highest BCUT2D eigenvalue weighted by atomic mass is 32.2. The molecule has 1 N–H and O–H groups in total. The van der Waals surface area contributed by atoms with Crippen LogP contribution in [-0.4, -0.2) is 51.9 Å². The summed E-state index contributed by atoms with van der Waals surface area (Å²) in [7, 11) is -3.94. The SMILES string of the molecule is CCOC[C@H](CC(C)C)N(Cc1ccc([N+](=O)[O-])cc1)S(=O)(=O)c1ccc(Cc2nccc3[nH]c(C)nc23)cc1. The molecule has 0 fully saturated rings. The minimum Gasteiger partial charge on any atom is -0.380 e. The van der Waals surface area contributed by atoms with E-state index in [2.05, 4.69) is 15.0 Å². The number of ether oxygens (including phenoxy) is 1. The number of imidazole rings is 1. The molecule has 0 bridgehead atoms. The van der Waals surface area contributed by atoms with E-state index < -0.39 is 21.0 Å². The minimum atomic E-state index is -3.94. The molecule has 0 aliphatic heterocycles. The van der Waals surface area contributed by atoms with Crippen molar-refractivity contribution in [3.63, 3.8) is 0 Å². The van der Waals surface area contributed by atoms with Gasteiger partial charge in [-0.1, -0.05) is 38.1 Å². The van der Waals surface area contributed by atoms with Crippen molar-refractivity contribution in [2.75, 3.05) is 13.2 Å². The van der Waals surface area contributed by atoms with Gasteiger partial charge in [0.05, 0.1) is 27.6 Å². The van der Waals surface area contributed by atoms with Gasteiger partial charge in [0.15, 0.2) is 0 Å². The monoisotopic (exact) mass is 565 g/mol. The number of nitrogens with zero attached hydrogens (tertiary/aromatic N) is 4. The van der Waals surface area contributed by atoms with Crippen LogP contribution >= 0.6 is 0 Å². The van der Waals surface area contributed by atoms with E-state index in [4.69, 9.17) is 4.74 Å². The zero-order valence-electron chi connectivity index (χ0n) is 23.2. The zero-order chi connectivity index (χ0) is 28.9. The number of aromatic amines is 1. The third kappa shape index (κ3) is 6.90. The molecule has 0 unspecified atom stereocenters. The Labute approximate surface area is 234 Å². The van der Waals surface area contributed by atoms with Gasteiger partial charge in [-0.3, -0.25) is 15.1 Å². The lowest BCUT2D eigenvalue weighted by atomic mass is 10.0. The van der Waals surface area contributed by atoms with Crippen molar-refractivity contribution in [3.8, 4) is 0 Å². The van der Waals surface area contributed by atoms with E-state index in [0.29, 0.717) is 25.0 Å². The maximum atomic E-state index is 14.1. The molecular formula is C29H35N5O5S. The molecule has 2 aromatic heterocycles. The predicted octanol–water partition coefficient (Wildman–Crippen LogP) is 5.41. The topological polar surface area (TPSA) is 131 Å². The highest BCUT2D eigenvalue weighted by molar-refractivity contribution is 7.89. The summed E-state index contributed by atoms with van der Waals surface area (Å²) >= 11 is 0. The van der Waals surface area contributed by atoms with Crippen molar-refractivity contribution < 1.29 is 18.1 Å². The van der Waals surface area contributed by atoms with Crippen molar-refractivity contribution in [3.05, 3.63) is 93.6 Å². The van der Waals surface area contributed by atoms with E-state index >= 15 is 0 Å². The summed E-state index contributed by atoms with van der Waals surface area (Å²) in [6.45, 7) is 8.63. The zero-order valence-corrected chi connectivity index (χ0v) is 24.0. The number of H-pyrrole nitrogens is 1. The summed E-state index contributed by atoms with van der Waals surface area (Å²) in [4.78, 5) is 23.1. The van der Waals surface area contributed by atoms with Crippen molar-refractivity contribution in [2.45, 2.75) is 58.0 Å². The van der Waals surface area contributed by atoms with Crippen LogP contribution in [-0.2, 0) is 27.7 Å². The lowest BCUT2D eigenvalue weighted by molar-refractivity contribution is -0.384. The molecular weight excluding hydrogens is 530 g/mol. The maximum absolute atomic E-state index is 14.1. The Morgan fingerprint density at radius 3 is 2.35 bits per heavy atom. The van der Waals surface area contributed by atoms with Crippen LogP contribution in [0.4, 0.5) is 5.69 Å². The molecule has 0 aliphatic carbocycles. The van der Waals surface area contributed by atoms with E-state index in [-0.39, 0.29) is 29.7 Å². The number of nitro benzene ring substituents is 1. The van der Waals surface area contributed by atoms with Gasteiger partial charge >= 0.3 is 0 Å². The third-order valence-corrected chi connectivity index (χ3v) is 8.56. The number of hydrogen-bond acceptors (Lipinski definition) is 7. The number of hydrogen-bond donors (Lipinski definition) is 1. The van der Waals surface area contributed by atoms with Crippen molar-refractivity contribution in [2.24, 2.45) is 5.92 Å². The maximum Gasteiger partial charge on any atom is 0.269 e. The van der Waals surface area contributed by atoms with E-state index in [9.17, 15) is 18.5 Å². The molecule has 10 nitrogen and oxygen atoms in total. The Balaban J connectivity index is 1.64. The second-order valence-corrected chi connectivity index (χ2v) is 12.1. The van der Waals surface area contributed by atoms with Gasteiger partial charge in [0.25, 0.3) is 5.69 Å². The molecule has 0 amide bonds. The molecule has 0 spiro atoms. The van der Waals surface area contributed by atoms with Gasteiger partial charge < -0.3 is 9.72 Å². The smallest absolute Gasteiger partial charge is 0.269 e. The number of pyridine rings is 1. The normalized spacial score (nSPS) is 12.8. The summed E-state index contributed by atoms with van der Waals surface area (Å²) in [6.07, 6.45) is 2.84. The molecule has 0 aliphatic rings. The van der Waals surface area contributed by atoms with Crippen LogP contribution in [0.25, 0.3) is 11.0 Å². The standard InChI is InChI=1S/C29H35N5O5S/c1-5-39-19-25(16-20(2)3)33(18-23-6-10-24(11-7-23)34(35)36)40(37,38)26-12-8-22(9-13-26)17-28-29-27(14-15-30-28)31-21(4)32-29/h6-15,20,25H,5,16-19H2,1-4H3,(H,31,32)/t25-/m0/s1. The molecule has 11 heteroatoms. The molecule has 4 aromatic rings. The summed E-state index contributed by atoms with van der Waals surface area (Å²) in [5, 5.41) is 11.1. The molecule has 0 saturated heterocycles. The molecule has 4 rings (SSSR count). The Morgan fingerprint density at radius 1 is 1.05 bits per heavy atom. The highest BCUT2D eigenvalue weighted by Gasteiger charge is 2.32. The Bertz CT molecular complexity index is 1550. The first kappa shape index (κ1) is 29.3. The first-order valence-electron chi connectivity index (χ1n) is 13.3. The summed E-state index contributed by atoms with van der Waals surface area (Å²) in [5.74, 6) is 1.03. The lowest BCUT2D eigenvalue weighted by Crippen LogP contribution is -2.43. The highest BCUT2D eigenvalue weighted by Crippen LogP contribution is 2.27. The Kier molecular flexibility index (Phi) is 9.28. The first-order valence-corrected chi connectivity index (χ1v) is 14.7. The number of sulfonamides is 1. The number of aryl methyl sites for hydroxylation is 1. The summed E-state index contributed by atoms with van der Waals surface area (Å²) in [6, 6.07) is 14.3. The molecule has 0 saturated carbocycles. The van der Waals surface area contributed by atoms with Crippen molar-refractivity contribution >= 4 is 26.7 Å². The molecule has 0 radical (unpaired) electrons. The third-order valence-electron chi connectivity index (χ3n) is 6.65. The van der Waals surface area contributed by atoms with Crippen LogP contribution in [0, 0.1) is 23.0 Å². The fourth-order valence-electron chi connectivity index (χ4n) is 4.73. The largest absolute Gasteiger partial charge is 0.380 e. The van der Waals surface area contributed by atoms with E-state index in [1.54, 1.807) is 42.6 Å². The Hall–Kier alpha value is -3.67. The number of rotatable bonds is 13. The number of benzene rings is 2. The van der Waals surface area contributed by atoms with Crippen LogP contribution in [0.1, 0.15) is 49.8 Å². The van der Waals surface area contributed by atoms with Crippen molar-refractivity contribution in [1.82, 2.24) is 19.3 Å². The van der Waals surface area contributed by atoms with Gasteiger partial charge in [0, 0.05) is 43.9 Å². The second kappa shape index (κ2) is 12.7. The molecule has 2 heterocycles. The van der Waals surface area contributed by atoms with Crippen LogP contribution in [0.3, 0.4) is 0 Å². The first-order chi connectivity index (χ1) is 19.1. The number of nitro groups is 1. The van der Waals surface area contributed by atoms with E-state index in [1.165, 1.54) is 16.4 Å². The quantitative estimate of drug-likeness (QED) is 0.169. The van der Waals surface area contributed by atoms with Crippen molar-refractivity contribution in [1.29, 1.82) is 0 Å². The van der Waals surface area contributed by atoms with Gasteiger partial charge in [-0.25, -0.2) is 13.4 Å². The van der Waals surface area contributed by atoms with Gasteiger partial charge in [0.1, 0.15) is 11.3 Å². The van der Waals surface area contributed by atoms with Crippen LogP contribution in [0.2, 0.25) is 0 Å². The van der Waals surface area contributed by atoms with Crippen LogP contribution in [0.5, 0.6) is 0 Å². The van der Waals surface area contributed by atoms with E-state index in [1.807, 2.05) is 33.8 Å². The number of non-ortho nitro benzene ring substituents is 1. The van der Waals surface area contributed by atoms with Gasteiger partial charge in [-0.2, -0.15) is 4.31 Å². The molecule has 1 atom stereocenters. The minimum absolute atomic E-state index is 0.0445. The average Bonchev–Trinajstić information content (AvgIpc) is 3.31. The van der Waals surface area contributed by atoms with Gasteiger partial charge in [-0.15, -0.1) is 0 Å². The number of aromatic nitrogens is 3. The fourth-order valence-corrected chi connectivity index (χ4v) is 6.34. The van der Waals surface area contributed by atoms with E-state index in [0.717, 1.165) is 28.1 Å². The second-order valence-electron chi connectivity index (χ2n) is 10.2.